The summed E-state index contributed by atoms with van der Waals surface area (Å²) in [6, 6.07) is 7.57. The SMILES string of the molecule is Cc1c(-c2onc(-c3ccccc3Cl)c2CBr)cnn1CCC(C)(C)O. The number of aliphatic hydroxyl groups is 1. The summed E-state index contributed by atoms with van der Waals surface area (Å²) in [5, 5.41) is 19.9. The largest absolute Gasteiger partial charge is 0.390 e. The monoisotopic (exact) mass is 437 g/mol. The molecule has 138 valence electrons. The predicted octanol–water partition coefficient (Wildman–Crippen LogP) is 5.22. The van der Waals surface area contributed by atoms with Crippen molar-refractivity contribution >= 4 is 27.5 Å². The molecule has 1 aromatic carbocycles. The first-order valence-corrected chi connectivity index (χ1v) is 9.86. The zero-order valence-corrected chi connectivity index (χ0v) is 17.3. The third-order valence-electron chi connectivity index (χ3n) is 4.33. The molecule has 0 fully saturated rings. The van der Waals surface area contributed by atoms with Crippen LogP contribution in [0.2, 0.25) is 5.02 Å². The Morgan fingerprint density at radius 1 is 1.27 bits per heavy atom. The van der Waals surface area contributed by atoms with Gasteiger partial charge in [-0.3, -0.25) is 4.68 Å². The van der Waals surface area contributed by atoms with Gasteiger partial charge in [-0.1, -0.05) is 50.9 Å². The van der Waals surface area contributed by atoms with Crippen LogP contribution in [-0.2, 0) is 11.9 Å². The first kappa shape index (κ1) is 19.1. The Kier molecular flexibility index (Phi) is 5.55. The van der Waals surface area contributed by atoms with Crippen molar-refractivity contribution in [1.29, 1.82) is 0 Å². The highest BCUT2D eigenvalue weighted by atomic mass is 79.9. The first-order chi connectivity index (χ1) is 12.3. The third kappa shape index (κ3) is 3.87. The smallest absolute Gasteiger partial charge is 0.174 e. The first-order valence-electron chi connectivity index (χ1n) is 8.36. The molecule has 0 saturated heterocycles. The van der Waals surface area contributed by atoms with Crippen molar-refractivity contribution in [3.8, 4) is 22.6 Å². The minimum atomic E-state index is -0.733. The van der Waals surface area contributed by atoms with Crippen LogP contribution in [0, 0.1) is 6.92 Å². The molecule has 3 rings (SSSR count). The van der Waals surface area contributed by atoms with Gasteiger partial charge < -0.3 is 9.63 Å². The van der Waals surface area contributed by atoms with Gasteiger partial charge in [-0.2, -0.15) is 5.10 Å². The van der Waals surface area contributed by atoms with E-state index in [0.29, 0.717) is 29.1 Å². The topological polar surface area (TPSA) is 64.1 Å². The Morgan fingerprint density at radius 3 is 2.65 bits per heavy atom. The molecule has 2 aromatic heterocycles. The zero-order valence-electron chi connectivity index (χ0n) is 15.0. The summed E-state index contributed by atoms with van der Waals surface area (Å²) in [5.41, 5.74) is 3.63. The van der Waals surface area contributed by atoms with E-state index in [1.165, 1.54) is 0 Å². The Balaban J connectivity index is 1.99. The highest BCUT2D eigenvalue weighted by molar-refractivity contribution is 9.08. The van der Waals surface area contributed by atoms with E-state index in [9.17, 15) is 5.11 Å². The van der Waals surface area contributed by atoms with Crippen molar-refractivity contribution in [2.75, 3.05) is 0 Å². The maximum atomic E-state index is 9.94. The molecule has 0 aliphatic carbocycles. The van der Waals surface area contributed by atoms with Crippen LogP contribution in [0.4, 0.5) is 0 Å². The number of aromatic nitrogens is 3. The van der Waals surface area contributed by atoms with Crippen LogP contribution < -0.4 is 0 Å². The summed E-state index contributed by atoms with van der Waals surface area (Å²) in [7, 11) is 0. The molecule has 3 aromatic rings. The minimum absolute atomic E-state index is 0.584. The van der Waals surface area contributed by atoms with Gasteiger partial charge in [0.2, 0.25) is 0 Å². The van der Waals surface area contributed by atoms with E-state index in [2.05, 4.69) is 26.2 Å². The molecule has 0 radical (unpaired) electrons. The molecule has 0 aliphatic heterocycles. The van der Waals surface area contributed by atoms with Gasteiger partial charge in [0.05, 0.1) is 22.4 Å². The van der Waals surface area contributed by atoms with Gasteiger partial charge in [-0.05, 0) is 33.3 Å². The fraction of sp³-hybridized carbons (Fsp3) is 0.368. The van der Waals surface area contributed by atoms with Crippen LogP contribution >= 0.6 is 27.5 Å². The molecule has 0 atom stereocenters. The second-order valence-corrected chi connectivity index (χ2v) is 7.85. The summed E-state index contributed by atoms with van der Waals surface area (Å²) in [5.74, 6) is 0.684. The van der Waals surface area contributed by atoms with E-state index in [1.54, 1.807) is 20.0 Å². The van der Waals surface area contributed by atoms with E-state index in [-0.39, 0.29) is 0 Å². The maximum absolute atomic E-state index is 9.94. The van der Waals surface area contributed by atoms with Crippen LogP contribution in [0.15, 0.2) is 35.0 Å². The summed E-state index contributed by atoms with van der Waals surface area (Å²) >= 11 is 9.87. The van der Waals surface area contributed by atoms with Crippen LogP contribution in [0.3, 0.4) is 0 Å². The summed E-state index contributed by atoms with van der Waals surface area (Å²) in [6.45, 7) is 6.21. The molecular weight excluding hydrogens is 418 g/mol. The van der Waals surface area contributed by atoms with Crippen LogP contribution in [0.5, 0.6) is 0 Å². The summed E-state index contributed by atoms with van der Waals surface area (Å²) in [4.78, 5) is 0. The molecule has 1 N–H and O–H groups in total. The van der Waals surface area contributed by atoms with Gasteiger partial charge in [0, 0.05) is 28.7 Å². The van der Waals surface area contributed by atoms with Gasteiger partial charge >= 0.3 is 0 Å². The Labute approximate surface area is 166 Å². The minimum Gasteiger partial charge on any atom is -0.390 e. The molecule has 0 saturated carbocycles. The number of rotatable bonds is 6. The van der Waals surface area contributed by atoms with Crippen molar-refractivity contribution in [2.45, 2.75) is 44.7 Å². The van der Waals surface area contributed by atoms with Crippen LogP contribution in [-0.4, -0.2) is 25.6 Å². The summed E-state index contributed by atoms with van der Waals surface area (Å²) < 4.78 is 7.56. The van der Waals surface area contributed by atoms with Gasteiger partial charge in [0.15, 0.2) is 5.76 Å². The number of nitrogens with zero attached hydrogens (tertiary/aromatic N) is 3. The molecule has 0 bridgehead atoms. The number of hydrogen-bond donors (Lipinski definition) is 1. The Hall–Kier alpha value is -1.63. The number of benzene rings is 1. The molecule has 26 heavy (non-hydrogen) atoms. The van der Waals surface area contributed by atoms with Gasteiger partial charge in [-0.25, -0.2) is 0 Å². The number of alkyl halides is 1. The van der Waals surface area contributed by atoms with E-state index in [4.69, 9.17) is 16.1 Å². The fourth-order valence-electron chi connectivity index (χ4n) is 2.78. The van der Waals surface area contributed by atoms with Crippen molar-refractivity contribution in [2.24, 2.45) is 0 Å². The molecule has 5 nitrogen and oxygen atoms in total. The maximum Gasteiger partial charge on any atom is 0.174 e. The van der Waals surface area contributed by atoms with E-state index >= 15 is 0 Å². The van der Waals surface area contributed by atoms with Gasteiger partial charge in [-0.15, -0.1) is 0 Å². The second-order valence-electron chi connectivity index (χ2n) is 6.88. The van der Waals surface area contributed by atoms with Gasteiger partial charge in [0.1, 0.15) is 5.69 Å². The molecular formula is C19H21BrClN3O2. The van der Waals surface area contributed by atoms with Crippen LogP contribution in [0.25, 0.3) is 22.6 Å². The van der Waals surface area contributed by atoms with E-state index < -0.39 is 5.60 Å². The second kappa shape index (κ2) is 7.55. The Morgan fingerprint density at radius 2 is 2.00 bits per heavy atom. The van der Waals surface area contributed by atoms with Crippen molar-refractivity contribution < 1.29 is 9.63 Å². The van der Waals surface area contributed by atoms with Crippen molar-refractivity contribution in [1.82, 2.24) is 14.9 Å². The summed E-state index contributed by atoms with van der Waals surface area (Å²) in [6.07, 6.45) is 2.39. The lowest BCUT2D eigenvalue weighted by molar-refractivity contribution is 0.0649. The number of aryl methyl sites for hydroxylation is 1. The molecule has 0 spiro atoms. The van der Waals surface area contributed by atoms with Crippen molar-refractivity contribution in [3.05, 3.63) is 46.7 Å². The quantitative estimate of drug-likeness (QED) is 0.536. The third-order valence-corrected chi connectivity index (χ3v) is 5.22. The molecule has 7 heteroatoms. The van der Waals surface area contributed by atoms with Crippen LogP contribution in [0.1, 0.15) is 31.5 Å². The van der Waals surface area contributed by atoms with E-state index in [1.807, 2.05) is 35.9 Å². The predicted molar refractivity (Wildman–Crippen MR) is 106 cm³/mol. The lowest BCUT2D eigenvalue weighted by Crippen LogP contribution is -2.21. The molecule has 2 heterocycles. The average Bonchev–Trinajstić information content (AvgIpc) is 3.15. The van der Waals surface area contributed by atoms with Crippen molar-refractivity contribution in [3.63, 3.8) is 0 Å². The lowest BCUT2D eigenvalue weighted by Gasteiger charge is -2.17. The zero-order chi connectivity index (χ0) is 18.9. The Bertz CT molecular complexity index is 912. The molecule has 0 amide bonds. The number of hydrogen-bond acceptors (Lipinski definition) is 4. The highest BCUT2D eigenvalue weighted by Gasteiger charge is 2.23. The molecule has 0 unspecified atom stereocenters. The lowest BCUT2D eigenvalue weighted by atomic mass is 10.0. The fourth-order valence-corrected chi connectivity index (χ4v) is 3.53. The normalized spacial score (nSPS) is 11.9. The number of halogens is 2. The van der Waals surface area contributed by atoms with Gasteiger partial charge in [0.25, 0.3) is 0 Å². The average molecular weight is 439 g/mol. The van der Waals surface area contributed by atoms with E-state index in [0.717, 1.165) is 28.1 Å². The standard InChI is InChI=1S/C19H21BrClN3O2/c1-12-15(11-22-24(12)9-8-19(2,3)25)18-14(10-20)17(23-26-18)13-6-4-5-7-16(13)21/h4-7,11,25H,8-10H2,1-3H3. The highest BCUT2D eigenvalue weighted by Crippen LogP contribution is 2.37. The molecule has 0 aliphatic rings.